The van der Waals surface area contributed by atoms with Gasteiger partial charge in [0.25, 0.3) is 0 Å². The maximum Gasteiger partial charge on any atom is 0.157 e. The van der Waals surface area contributed by atoms with E-state index in [9.17, 15) is 4.79 Å². The van der Waals surface area contributed by atoms with Crippen molar-refractivity contribution in [2.75, 3.05) is 0 Å². The van der Waals surface area contributed by atoms with Crippen molar-refractivity contribution >= 4 is 5.78 Å². The van der Waals surface area contributed by atoms with Crippen molar-refractivity contribution < 1.29 is 4.79 Å². The van der Waals surface area contributed by atoms with Gasteiger partial charge >= 0.3 is 0 Å². The molecule has 0 N–H and O–H groups in total. The molecule has 0 aliphatic heterocycles. The number of hydrogen-bond acceptors (Lipinski definition) is 1. The van der Waals surface area contributed by atoms with Crippen LogP contribution in [0.4, 0.5) is 0 Å². The molecule has 1 aromatic rings. The molecule has 80 valence electrons. The maximum atomic E-state index is 11.3. The Balaban J connectivity index is 2.42. The van der Waals surface area contributed by atoms with E-state index in [2.05, 4.69) is 12.1 Å². The second-order valence-corrected chi connectivity index (χ2v) is 3.69. The summed E-state index contributed by atoms with van der Waals surface area (Å²) in [5, 5.41) is 0. The van der Waals surface area contributed by atoms with Crippen LogP contribution in [-0.2, 0) is 11.2 Å². The Bertz CT molecular complexity index is 336. The van der Waals surface area contributed by atoms with E-state index in [1.165, 1.54) is 5.56 Å². The zero-order chi connectivity index (χ0) is 11.1. The molecule has 0 unspecified atom stereocenters. The Labute approximate surface area is 91.8 Å². The van der Waals surface area contributed by atoms with E-state index in [-0.39, 0.29) is 5.78 Å². The number of Topliss-reactive ketones (excluding diaryl/α,β-unsaturated/α-hetero) is 1. The normalized spacial score (nSPS) is 11.5. The maximum absolute atomic E-state index is 11.3. The first kappa shape index (κ1) is 11.7. The number of allylic oxidation sites excluding steroid dienone is 2. The minimum absolute atomic E-state index is 0.253. The van der Waals surface area contributed by atoms with Gasteiger partial charge in [0.15, 0.2) is 5.78 Å². The van der Waals surface area contributed by atoms with Crippen molar-refractivity contribution in [3.8, 4) is 0 Å². The zero-order valence-electron chi connectivity index (χ0n) is 9.49. The lowest BCUT2D eigenvalue weighted by atomic mass is 10.1. The fourth-order valence-corrected chi connectivity index (χ4v) is 1.49. The Hall–Kier alpha value is -1.37. The average Bonchev–Trinajstić information content (AvgIpc) is 2.29. The predicted octanol–water partition coefficient (Wildman–Crippen LogP) is 3.54. The van der Waals surface area contributed by atoms with Crippen LogP contribution in [0.3, 0.4) is 0 Å². The fraction of sp³-hybridized carbons (Fsp3) is 0.357. The van der Waals surface area contributed by atoms with Crippen LogP contribution in [-0.4, -0.2) is 5.78 Å². The van der Waals surface area contributed by atoms with E-state index in [1.807, 2.05) is 38.1 Å². The third-order valence-electron chi connectivity index (χ3n) is 2.49. The average molecular weight is 202 g/mol. The van der Waals surface area contributed by atoms with E-state index in [0.29, 0.717) is 6.42 Å². The topological polar surface area (TPSA) is 17.1 Å². The first-order valence-corrected chi connectivity index (χ1v) is 5.48. The van der Waals surface area contributed by atoms with Gasteiger partial charge in [-0.25, -0.2) is 0 Å². The predicted molar refractivity (Wildman–Crippen MR) is 63.8 cm³/mol. The number of carbonyl (C=O) groups excluding carboxylic acids is 1. The molecule has 0 fully saturated rings. The van der Waals surface area contributed by atoms with Gasteiger partial charge in [0.2, 0.25) is 0 Å². The molecule has 0 radical (unpaired) electrons. The molecule has 0 bridgehead atoms. The molecule has 0 heterocycles. The number of rotatable bonds is 5. The van der Waals surface area contributed by atoms with Crippen LogP contribution in [0.1, 0.15) is 32.3 Å². The highest BCUT2D eigenvalue weighted by Crippen LogP contribution is 2.06. The summed E-state index contributed by atoms with van der Waals surface area (Å²) in [6.45, 7) is 3.80. The minimum Gasteiger partial charge on any atom is -0.295 e. The molecule has 1 rings (SSSR count). The molecular weight excluding hydrogens is 184 g/mol. The summed E-state index contributed by atoms with van der Waals surface area (Å²) in [6, 6.07) is 10.3. The molecule has 0 spiro atoms. The molecule has 0 aromatic heterocycles. The second kappa shape index (κ2) is 6.18. The molecule has 0 amide bonds. The SMILES string of the molecule is CCC(=O)/C(C)=C/CCc1ccccc1. The second-order valence-electron chi connectivity index (χ2n) is 3.69. The van der Waals surface area contributed by atoms with Gasteiger partial charge in [0.1, 0.15) is 0 Å². The van der Waals surface area contributed by atoms with E-state index in [1.54, 1.807) is 0 Å². The first-order chi connectivity index (χ1) is 7.24. The van der Waals surface area contributed by atoms with Crippen LogP contribution in [0.5, 0.6) is 0 Å². The molecule has 0 atom stereocenters. The molecule has 1 heteroatoms. The van der Waals surface area contributed by atoms with Crippen molar-refractivity contribution in [3.63, 3.8) is 0 Å². The molecule has 0 saturated heterocycles. The van der Waals surface area contributed by atoms with Gasteiger partial charge in [-0.05, 0) is 30.9 Å². The molecule has 0 aliphatic carbocycles. The van der Waals surface area contributed by atoms with E-state index in [0.717, 1.165) is 18.4 Å². The summed E-state index contributed by atoms with van der Waals surface area (Å²) >= 11 is 0. The summed E-state index contributed by atoms with van der Waals surface area (Å²) in [5.74, 6) is 0.253. The molecular formula is C14H18O. The first-order valence-electron chi connectivity index (χ1n) is 5.48. The number of aryl methyl sites for hydroxylation is 1. The molecule has 1 aromatic carbocycles. The van der Waals surface area contributed by atoms with E-state index < -0.39 is 0 Å². The lowest BCUT2D eigenvalue weighted by Crippen LogP contribution is -1.96. The highest BCUT2D eigenvalue weighted by molar-refractivity contribution is 5.94. The van der Waals surface area contributed by atoms with Gasteiger partial charge in [-0.3, -0.25) is 4.79 Å². The monoisotopic (exact) mass is 202 g/mol. The highest BCUT2D eigenvalue weighted by Gasteiger charge is 1.99. The van der Waals surface area contributed by atoms with Crippen LogP contribution < -0.4 is 0 Å². The van der Waals surface area contributed by atoms with Crippen molar-refractivity contribution in [1.29, 1.82) is 0 Å². The summed E-state index contributed by atoms with van der Waals surface area (Å²) in [5.41, 5.74) is 2.22. The van der Waals surface area contributed by atoms with E-state index in [4.69, 9.17) is 0 Å². The lowest BCUT2D eigenvalue weighted by molar-refractivity contribution is -0.115. The summed E-state index contributed by atoms with van der Waals surface area (Å²) in [4.78, 5) is 11.3. The van der Waals surface area contributed by atoms with Crippen LogP contribution >= 0.6 is 0 Å². The van der Waals surface area contributed by atoms with Crippen molar-refractivity contribution in [2.45, 2.75) is 33.1 Å². The molecule has 15 heavy (non-hydrogen) atoms. The Kier molecular flexibility index (Phi) is 4.82. The zero-order valence-corrected chi connectivity index (χ0v) is 9.49. The third-order valence-corrected chi connectivity index (χ3v) is 2.49. The standard InChI is InChI=1S/C14H18O/c1-3-14(15)12(2)8-7-11-13-9-5-4-6-10-13/h4-6,8-10H,3,7,11H2,1-2H3/b12-8+. The quantitative estimate of drug-likeness (QED) is 0.667. The van der Waals surface area contributed by atoms with Crippen LogP contribution in [0, 0.1) is 0 Å². The summed E-state index contributed by atoms with van der Waals surface area (Å²) in [6.07, 6.45) is 4.60. The Morgan fingerprint density at radius 1 is 1.27 bits per heavy atom. The molecule has 0 aliphatic rings. The number of hydrogen-bond donors (Lipinski definition) is 0. The van der Waals surface area contributed by atoms with Crippen LogP contribution in [0.2, 0.25) is 0 Å². The van der Waals surface area contributed by atoms with Crippen LogP contribution in [0.25, 0.3) is 0 Å². The van der Waals surface area contributed by atoms with Gasteiger partial charge in [-0.15, -0.1) is 0 Å². The highest BCUT2D eigenvalue weighted by atomic mass is 16.1. The van der Waals surface area contributed by atoms with Crippen molar-refractivity contribution in [1.82, 2.24) is 0 Å². The fourth-order valence-electron chi connectivity index (χ4n) is 1.49. The van der Waals surface area contributed by atoms with Crippen LogP contribution in [0.15, 0.2) is 42.0 Å². The third kappa shape index (κ3) is 4.11. The van der Waals surface area contributed by atoms with Gasteiger partial charge in [-0.1, -0.05) is 43.3 Å². The summed E-state index contributed by atoms with van der Waals surface area (Å²) in [7, 11) is 0. The molecule has 0 saturated carbocycles. The van der Waals surface area contributed by atoms with Crippen molar-refractivity contribution in [3.05, 3.63) is 47.5 Å². The van der Waals surface area contributed by atoms with Gasteiger partial charge in [0.05, 0.1) is 0 Å². The van der Waals surface area contributed by atoms with E-state index >= 15 is 0 Å². The smallest absolute Gasteiger partial charge is 0.157 e. The number of benzene rings is 1. The van der Waals surface area contributed by atoms with Gasteiger partial charge in [0, 0.05) is 6.42 Å². The number of ketones is 1. The van der Waals surface area contributed by atoms with Gasteiger partial charge < -0.3 is 0 Å². The van der Waals surface area contributed by atoms with Crippen molar-refractivity contribution in [2.24, 2.45) is 0 Å². The largest absolute Gasteiger partial charge is 0.295 e. The minimum atomic E-state index is 0.253. The summed E-state index contributed by atoms with van der Waals surface area (Å²) < 4.78 is 0. The lowest BCUT2D eigenvalue weighted by Gasteiger charge is -1.99. The molecule has 1 nitrogen and oxygen atoms in total. The Morgan fingerprint density at radius 3 is 2.53 bits per heavy atom. The van der Waals surface area contributed by atoms with Gasteiger partial charge in [-0.2, -0.15) is 0 Å². The Morgan fingerprint density at radius 2 is 1.93 bits per heavy atom. The number of carbonyl (C=O) groups is 1.